The number of anilines is 1. The molecule has 0 unspecified atom stereocenters. The summed E-state index contributed by atoms with van der Waals surface area (Å²) in [5.74, 6) is -0.348. The molecule has 0 amide bonds. The molecule has 0 radical (unpaired) electrons. The number of esters is 1. The van der Waals surface area contributed by atoms with Crippen molar-refractivity contribution in [2.45, 2.75) is 33.3 Å². The maximum absolute atomic E-state index is 12.1. The number of carbonyl (C=O) groups excluding carboxylic acids is 1. The molecule has 2 aromatic heterocycles. The minimum Gasteiger partial charge on any atom is -0.456 e. The van der Waals surface area contributed by atoms with Gasteiger partial charge in [-0.1, -0.05) is 0 Å². The van der Waals surface area contributed by atoms with Crippen molar-refractivity contribution in [3.63, 3.8) is 0 Å². The van der Waals surface area contributed by atoms with Gasteiger partial charge in [-0.05, 0) is 50.1 Å². The molecule has 0 saturated heterocycles. The van der Waals surface area contributed by atoms with E-state index in [1.807, 2.05) is 39.1 Å². The van der Waals surface area contributed by atoms with Gasteiger partial charge < -0.3 is 10.5 Å². The van der Waals surface area contributed by atoms with Crippen LogP contribution in [0.3, 0.4) is 0 Å². The normalized spacial score (nSPS) is 11.6. The Kier molecular flexibility index (Phi) is 3.69. The molecule has 2 N–H and O–H groups in total. The van der Waals surface area contributed by atoms with E-state index in [9.17, 15) is 4.79 Å². The van der Waals surface area contributed by atoms with E-state index in [-0.39, 0.29) is 5.97 Å². The van der Waals surface area contributed by atoms with Crippen molar-refractivity contribution in [3.05, 3.63) is 27.3 Å². The minimum absolute atomic E-state index is 0.348. The molecule has 0 spiro atoms. The summed E-state index contributed by atoms with van der Waals surface area (Å²) in [4.78, 5) is 13.7. The fraction of sp³-hybridized carbons (Fsp3) is 0.357. The number of thiophene rings is 2. The zero-order chi connectivity index (χ0) is 14.2. The Morgan fingerprint density at radius 2 is 2.05 bits per heavy atom. The first-order chi connectivity index (χ1) is 8.79. The number of hydrogen-bond acceptors (Lipinski definition) is 5. The van der Waals surface area contributed by atoms with Gasteiger partial charge in [0, 0.05) is 10.4 Å². The molecule has 0 aliphatic carbocycles. The molecule has 2 aromatic rings. The molecule has 19 heavy (non-hydrogen) atoms. The van der Waals surface area contributed by atoms with Crippen LogP contribution in [0.1, 0.15) is 36.0 Å². The van der Waals surface area contributed by atoms with Crippen LogP contribution in [0.4, 0.5) is 5.69 Å². The first-order valence-electron chi connectivity index (χ1n) is 5.94. The standard InChI is InChI=1S/C14H17NO2S2/c1-8-10(15)12(13(16)17-14(2,3)4)19-11(8)9-5-6-18-7-9/h5-7H,15H2,1-4H3. The zero-order valence-electron chi connectivity index (χ0n) is 11.4. The highest BCUT2D eigenvalue weighted by molar-refractivity contribution is 7.18. The average Bonchev–Trinajstić information content (AvgIpc) is 2.87. The van der Waals surface area contributed by atoms with Crippen LogP contribution in [0.25, 0.3) is 10.4 Å². The molecule has 0 saturated carbocycles. The monoisotopic (exact) mass is 295 g/mol. The number of hydrogen-bond donors (Lipinski definition) is 1. The first kappa shape index (κ1) is 14.1. The molecular formula is C14H17NO2S2. The topological polar surface area (TPSA) is 52.3 Å². The number of nitrogen functional groups attached to an aromatic ring is 1. The third-order valence-corrected chi connectivity index (χ3v) is 4.58. The second-order valence-corrected chi connectivity index (χ2v) is 7.11. The predicted molar refractivity (Wildman–Crippen MR) is 81.9 cm³/mol. The summed E-state index contributed by atoms with van der Waals surface area (Å²) in [6.07, 6.45) is 0. The van der Waals surface area contributed by atoms with Gasteiger partial charge in [-0.2, -0.15) is 11.3 Å². The summed E-state index contributed by atoms with van der Waals surface area (Å²) in [5, 5.41) is 4.06. The Hall–Kier alpha value is -1.33. The zero-order valence-corrected chi connectivity index (χ0v) is 13.1. The van der Waals surface area contributed by atoms with Gasteiger partial charge in [0.25, 0.3) is 0 Å². The van der Waals surface area contributed by atoms with Gasteiger partial charge in [0.05, 0.1) is 5.69 Å². The van der Waals surface area contributed by atoms with Crippen LogP contribution in [0.5, 0.6) is 0 Å². The van der Waals surface area contributed by atoms with Crippen LogP contribution >= 0.6 is 22.7 Å². The maximum atomic E-state index is 12.1. The fourth-order valence-corrected chi connectivity index (χ4v) is 3.49. The average molecular weight is 295 g/mol. The molecule has 5 heteroatoms. The molecule has 102 valence electrons. The maximum Gasteiger partial charge on any atom is 0.351 e. The molecule has 0 aliphatic heterocycles. The number of nitrogens with two attached hydrogens (primary N) is 1. The molecule has 3 nitrogen and oxygen atoms in total. The third kappa shape index (κ3) is 2.98. The molecule has 2 heterocycles. The predicted octanol–water partition coefficient (Wildman–Crippen LogP) is 4.32. The minimum atomic E-state index is -0.510. The Labute approximate surface area is 121 Å². The van der Waals surface area contributed by atoms with Gasteiger partial charge in [0.2, 0.25) is 0 Å². The lowest BCUT2D eigenvalue weighted by atomic mass is 10.1. The van der Waals surface area contributed by atoms with Crippen LogP contribution in [0.15, 0.2) is 16.8 Å². The van der Waals surface area contributed by atoms with E-state index < -0.39 is 5.60 Å². The van der Waals surface area contributed by atoms with E-state index in [2.05, 4.69) is 5.38 Å². The summed E-state index contributed by atoms with van der Waals surface area (Å²) >= 11 is 3.03. The summed E-state index contributed by atoms with van der Waals surface area (Å²) < 4.78 is 5.38. The largest absolute Gasteiger partial charge is 0.456 e. The fourth-order valence-electron chi connectivity index (χ4n) is 1.67. The van der Waals surface area contributed by atoms with Crippen LogP contribution in [0, 0.1) is 6.92 Å². The lowest BCUT2D eigenvalue weighted by molar-refractivity contribution is 0.00763. The van der Waals surface area contributed by atoms with Gasteiger partial charge in [-0.15, -0.1) is 11.3 Å². The van der Waals surface area contributed by atoms with Crippen LogP contribution in [-0.2, 0) is 4.74 Å². The van der Waals surface area contributed by atoms with Crippen molar-refractivity contribution >= 4 is 34.3 Å². The van der Waals surface area contributed by atoms with Crippen molar-refractivity contribution in [2.75, 3.05) is 5.73 Å². The van der Waals surface area contributed by atoms with Crippen LogP contribution < -0.4 is 5.73 Å². The van der Waals surface area contributed by atoms with Crippen molar-refractivity contribution in [1.82, 2.24) is 0 Å². The second kappa shape index (κ2) is 4.98. The Balaban J connectivity index is 2.39. The van der Waals surface area contributed by atoms with E-state index >= 15 is 0 Å². The summed E-state index contributed by atoms with van der Waals surface area (Å²) in [6.45, 7) is 7.48. The van der Waals surface area contributed by atoms with Gasteiger partial charge in [0.15, 0.2) is 0 Å². The Morgan fingerprint density at radius 1 is 1.37 bits per heavy atom. The second-order valence-electron chi connectivity index (χ2n) is 5.31. The molecule has 0 atom stereocenters. The van der Waals surface area contributed by atoms with Crippen molar-refractivity contribution < 1.29 is 9.53 Å². The van der Waals surface area contributed by atoms with Gasteiger partial charge in [-0.25, -0.2) is 4.79 Å². The smallest absolute Gasteiger partial charge is 0.351 e. The van der Waals surface area contributed by atoms with Crippen LogP contribution in [-0.4, -0.2) is 11.6 Å². The van der Waals surface area contributed by atoms with E-state index in [1.54, 1.807) is 11.3 Å². The van der Waals surface area contributed by atoms with Gasteiger partial charge >= 0.3 is 5.97 Å². The first-order valence-corrected chi connectivity index (χ1v) is 7.70. The van der Waals surface area contributed by atoms with Crippen molar-refractivity contribution in [3.8, 4) is 10.4 Å². The van der Waals surface area contributed by atoms with Crippen molar-refractivity contribution in [1.29, 1.82) is 0 Å². The molecule has 0 aliphatic rings. The summed E-state index contributed by atoms with van der Waals surface area (Å²) in [7, 11) is 0. The number of rotatable bonds is 2. The molecule has 0 bridgehead atoms. The Morgan fingerprint density at radius 3 is 2.58 bits per heavy atom. The highest BCUT2D eigenvalue weighted by Gasteiger charge is 2.24. The van der Waals surface area contributed by atoms with E-state index in [0.717, 1.165) is 16.0 Å². The molecule has 0 aromatic carbocycles. The third-order valence-electron chi connectivity index (χ3n) is 2.56. The molecule has 0 fully saturated rings. The lowest BCUT2D eigenvalue weighted by Gasteiger charge is -2.19. The van der Waals surface area contributed by atoms with E-state index in [4.69, 9.17) is 10.5 Å². The molecule has 2 rings (SSSR count). The van der Waals surface area contributed by atoms with Gasteiger partial charge in [0.1, 0.15) is 10.5 Å². The van der Waals surface area contributed by atoms with E-state index in [0.29, 0.717) is 10.6 Å². The summed E-state index contributed by atoms with van der Waals surface area (Å²) in [6, 6.07) is 2.03. The molecular weight excluding hydrogens is 278 g/mol. The van der Waals surface area contributed by atoms with E-state index in [1.165, 1.54) is 11.3 Å². The number of carbonyl (C=O) groups is 1. The number of ether oxygens (including phenoxy) is 1. The van der Waals surface area contributed by atoms with Gasteiger partial charge in [-0.3, -0.25) is 0 Å². The summed E-state index contributed by atoms with van der Waals surface area (Å²) in [5.41, 5.74) is 8.11. The Bertz CT molecular complexity index is 592. The SMILES string of the molecule is Cc1c(-c2ccsc2)sc(C(=O)OC(C)(C)C)c1N. The lowest BCUT2D eigenvalue weighted by Crippen LogP contribution is -2.23. The van der Waals surface area contributed by atoms with Crippen LogP contribution in [0.2, 0.25) is 0 Å². The van der Waals surface area contributed by atoms with Crippen molar-refractivity contribution in [2.24, 2.45) is 0 Å². The highest BCUT2D eigenvalue weighted by Crippen LogP contribution is 2.39. The highest BCUT2D eigenvalue weighted by atomic mass is 32.1. The quantitative estimate of drug-likeness (QED) is 0.839.